The number of benzene rings is 3. The van der Waals surface area contributed by atoms with Crippen molar-refractivity contribution in [2.24, 2.45) is 7.05 Å². The molecule has 2 heterocycles. The second-order valence-corrected chi connectivity index (χ2v) is 7.26. The van der Waals surface area contributed by atoms with Gasteiger partial charge in [-0.1, -0.05) is 36.4 Å². The summed E-state index contributed by atoms with van der Waals surface area (Å²) in [4.78, 5) is 16.6. The lowest BCUT2D eigenvalue weighted by Gasteiger charge is -2.10. The topological polar surface area (TPSA) is 59.0 Å². The molecule has 0 saturated heterocycles. The minimum absolute atomic E-state index is 0.271. The van der Waals surface area contributed by atoms with E-state index in [2.05, 4.69) is 27.8 Å². The number of carbonyl (C=O) groups excluding carboxylic acids is 1. The fourth-order valence-corrected chi connectivity index (χ4v) is 3.74. The number of aromatic nitrogens is 2. The number of fused-ring (bicyclic) bond motifs is 2. The second-order valence-electron chi connectivity index (χ2n) is 7.26. The lowest BCUT2D eigenvalue weighted by Crippen LogP contribution is -2.19. The first-order valence-corrected chi connectivity index (χ1v) is 9.74. The smallest absolute Gasteiger partial charge is 0.323 e. The van der Waals surface area contributed by atoms with E-state index in [1.807, 2.05) is 84.7 Å². The first-order valence-electron chi connectivity index (χ1n) is 9.74. The van der Waals surface area contributed by atoms with E-state index in [0.29, 0.717) is 0 Å². The summed E-state index contributed by atoms with van der Waals surface area (Å²) in [5.74, 6) is 0. The van der Waals surface area contributed by atoms with Crippen LogP contribution in [0.15, 0.2) is 91.4 Å². The highest BCUT2D eigenvalue weighted by Gasteiger charge is 2.07. The fraction of sp³-hybridized carbons (Fsp3) is 0.0400. The molecule has 0 bridgehead atoms. The molecule has 5 nitrogen and oxygen atoms in total. The van der Waals surface area contributed by atoms with Crippen molar-refractivity contribution in [3.05, 3.63) is 91.4 Å². The van der Waals surface area contributed by atoms with Gasteiger partial charge in [0.15, 0.2) is 0 Å². The zero-order valence-electron chi connectivity index (χ0n) is 16.5. The predicted molar refractivity (Wildman–Crippen MR) is 123 cm³/mol. The number of anilines is 2. The van der Waals surface area contributed by atoms with Crippen LogP contribution in [0.2, 0.25) is 0 Å². The molecular weight excluding hydrogens is 372 g/mol. The number of aryl methyl sites for hydroxylation is 1. The van der Waals surface area contributed by atoms with Gasteiger partial charge < -0.3 is 15.2 Å². The number of nitrogens with one attached hydrogen (secondary N) is 2. The molecule has 2 aromatic heterocycles. The first-order chi connectivity index (χ1) is 14.7. The lowest BCUT2D eigenvalue weighted by molar-refractivity contribution is 0.262. The van der Waals surface area contributed by atoms with E-state index in [-0.39, 0.29) is 6.03 Å². The molecule has 0 aliphatic rings. The Morgan fingerprint density at radius 3 is 2.53 bits per heavy atom. The van der Waals surface area contributed by atoms with Crippen LogP contribution < -0.4 is 10.6 Å². The molecular formula is C25H20N4O. The van der Waals surface area contributed by atoms with Gasteiger partial charge in [-0.25, -0.2) is 4.79 Å². The second kappa shape index (κ2) is 7.37. The minimum atomic E-state index is -0.271. The SMILES string of the molecule is Cn1ccc2ccc(NC(=O)Nc3ccc(-c4cccc5cnccc45)cc3)cc21. The molecule has 0 spiro atoms. The quantitative estimate of drug-likeness (QED) is 0.393. The molecule has 0 unspecified atom stereocenters. The van der Waals surface area contributed by atoms with E-state index in [1.165, 1.54) is 0 Å². The van der Waals surface area contributed by atoms with Crippen molar-refractivity contribution < 1.29 is 4.79 Å². The molecule has 30 heavy (non-hydrogen) atoms. The Bertz CT molecular complexity index is 1360. The van der Waals surface area contributed by atoms with Crippen LogP contribution in [-0.4, -0.2) is 15.6 Å². The third kappa shape index (κ3) is 3.37. The highest BCUT2D eigenvalue weighted by molar-refractivity contribution is 6.01. The molecule has 5 aromatic rings. The number of carbonyl (C=O) groups is 1. The Hall–Kier alpha value is -4.12. The fourth-order valence-electron chi connectivity index (χ4n) is 3.74. The molecule has 3 aromatic carbocycles. The van der Waals surface area contributed by atoms with Gasteiger partial charge in [0.2, 0.25) is 0 Å². The van der Waals surface area contributed by atoms with E-state index in [9.17, 15) is 4.79 Å². The van der Waals surface area contributed by atoms with Crippen LogP contribution in [0.1, 0.15) is 0 Å². The van der Waals surface area contributed by atoms with Crippen LogP contribution >= 0.6 is 0 Å². The summed E-state index contributed by atoms with van der Waals surface area (Å²) < 4.78 is 2.03. The van der Waals surface area contributed by atoms with Crippen molar-refractivity contribution in [2.45, 2.75) is 0 Å². The van der Waals surface area contributed by atoms with Gasteiger partial charge in [-0.15, -0.1) is 0 Å². The molecule has 5 rings (SSSR count). The molecule has 5 heteroatoms. The Kier molecular flexibility index (Phi) is 4.41. The zero-order valence-corrected chi connectivity index (χ0v) is 16.5. The third-order valence-electron chi connectivity index (χ3n) is 5.28. The van der Waals surface area contributed by atoms with Crippen LogP contribution in [0.3, 0.4) is 0 Å². The highest BCUT2D eigenvalue weighted by atomic mass is 16.2. The maximum Gasteiger partial charge on any atom is 0.323 e. The van der Waals surface area contributed by atoms with Crippen molar-refractivity contribution >= 4 is 39.1 Å². The number of urea groups is 1. The molecule has 0 aliphatic carbocycles. The third-order valence-corrected chi connectivity index (χ3v) is 5.28. The van der Waals surface area contributed by atoms with Crippen molar-refractivity contribution in [3.63, 3.8) is 0 Å². The Morgan fingerprint density at radius 2 is 1.67 bits per heavy atom. The lowest BCUT2D eigenvalue weighted by atomic mass is 9.99. The van der Waals surface area contributed by atoms with Gasteiger partial charge in [-0.05, 0) is 58.3 Å². The van der Waals surface area contributed by atoms with Crippen LogP contribution in [0, 0.1) is 0 Å². The minimum Gasteiger partial charge on any atom is -0.350 e. The number of amides is 2. The molecule has 0 aliphatic heterocycles. The van der Waals surface area contributed by atoms with Crippen LogP contribution in [0.5, 0.6) is 0 Å². The van der Waals surface area contributed by atoms with E-state index in [1.54, 1.807) is 6.20 Å². The monoisotopic (exact) mass is 392 g/mol. The number of nitrogens with zero attached hydrogens (tertiary/aromatic N) is 2. The molecule has 0 atom stereocenters. The standard InChI is InChI=1S/C25H20N4O/c1-29-14-12-18-7-10-21(15-24(18)29)28-25(30)27-20-8-5-17(6-9-20)22-4-2-3-19-16-26-13-11-23(19)22/h2-16H,1H3,(H2,27,28,30). The molecule has 2 amide bonds. The maximum atomic E-state index is 12.4. The molecule has 0 saturated carbocycles. The average Bonchev–Trinajstić information content (AvgIpc) is 3.14. The van der Waals surface area contributed by atoms with Gasteiger partial charge in [-0.2, -0.15) is 0 Å². The van der Waals surface area contributed by atoms with Crippen LogP contribution in [0.25, 0.3) is 32.8 Å². The van der Waals surface area contributed by atoms with Crippen molar-refractivity contribution in [1.29, 1.82) is 0 Å². The molecule has 146 valence electrons. The maximum absolute atomic E-state index is 12.4. The van der Waals surface area contributed by atoms with Crippen molar-refractivity contribution in [3.8, 4) is 11.1 Å². The van der Waals surface area contributed by atoms with E-state index < -0.39 is 0 Å². The summed E-state index contributed by atoms with van der Waals surface area (Å²) in [6.45, 7) is 0. The predicted octanol–water partition coefficient (Wildman–Crippen LogP) is 6.04. The molecule has 2 N–H and O–H groups in total. The van der Waals surface area contributed by atoms with Gasteiger partial charge in [0.05, 0.1) is 0 Å². The largest absolute Gasteiger partial charge is 0.350 e. The number of pyridine rings is 1. The average molecular weight is 392 g/mol. The Labute approximate surface area is 174 Å². The summed E-state index contributed by atoms with van der Waals surface area (Å²) in [6.07, 6.45) is 5.67. The zero-order chi connectivity index (χ0) is 20.5. The van der Waals surface area contributed by atoms with Gasteiger partial charge in [0.25, 0.3) is 0 Å². The summed E-state index contributed by atoms with van der Waals surface area (Å²) in [5.41, 5.74) is 4.79. The number of hydrogen-bond donors (Lipinski definition) is 2. The van der Waals surface area contributed by atoms with Gasteiger partial charge >= 0.3 is 6.03 Å². The summed E-state index contributed by atoms with van der Waals surface area (Å²) in [7, 11) is 1.99. The van der Waals surface area contributed by atoms with Crippen LogP contribution in [-0.2, 0) is 7.05 Å². The normalized spacial score (nSPS) is 11.0. The van der Waals surface area contributed by atoms with E-state index >= 15 is 0 Å². The Balaban J connectivity index is 1.33. The first kappa shape index (κ1) is 17.9. The summed E-state index contributed by atoms with van der Waals surface area (Å²) >= 11 is 0. The number of hydrogen-bond acceptors (Lipinski definition) is 2. The number of rotatable bonds is 3. The van der Waals surface area contributed by atoms with Gasteiger partial charge in [0, 0.05) is 47.9 Å². The van der Waals surface area contributed by atoms with Crippen molar-refractivity contribution in [2.75, 3.05) is 10.6 Å². The van der Waals surface area contributed by atoms with Crippen molar-refractivity contribution in [1.82, 2.24) is 9.55 Å². The molecule has 0 fully saturated rings. The summed E-state index contributed by atoms with van der Waals surface area (Å²) in [5, 5.41) is 9.20. The summed E-state index contributed by atoms with van der Waals surface area (Å²) in [6, 6.07) is 23.7. The molecule has 0 radical (unpaired) electrons. The van der Waals surface area contributed by atoms with Gasteiger partial charge in [0.1, 0.15) is 0 Å². The highest BCUT2D eigenvalue weighted by Crippen LogP contribution is 2.29. The van der Waals surface area contributed by atoms with Gasteiger partial charge in [-0.3, -0.25) is 4.98 Å². The van der Waals surface area contributed by atoms with E-state index in [4.69, 9.17) is 0 Å². The van der Waals surface area contributed by atoms with E-state index in [0.717, 1.165) is 44.2 Å². The Morgan fingerprint density at radius 1 is 0.867 bits per heavy atom. The van der Waals surface area contributed by atoms with Crippen LogP contribution in [0.4, 0.5) is 16.2 Å².